The molecule has 0 saturated heterocycles. The van der Waals surface area contributed by atoms with Crippen molar-refractivity contribution in [2.24, 2.45) is 0 Å². The van der Waals surface area contributed by atoms with Gasteiger partial charge in [-0.25, -0.2) is 4.79 Å². The first-order chi connectivity index (χ1) is 5.25. The van der Waals surface area contributed by atoms with Crippen LogP contribution in [-0.4, -0.2) is 5.94 Å². The number of aryl methyl sites for hydroxylation is 1. The molecule has 0 N–H and O–H groups in total. The van der Waals surface area contributed by atoms with Crippen molar-refractivity contribution in [1.82, 2.24) is 0 Å². The SMILES string of the molecule is Cc1cccc(C=C=O)c1C.[W]. The van der Waals surface area contributed by atoms with Crippen LogP contribution in [0.4, 0.5) is 0 Å². The van der Waals surface area contributed by atoms with Gasteiger partial charge in [0, 0.05) is 27.1 Å². The fraction of sp³-hybridized carbons (Fsp3) is 0.200. The van der Waals surface area contributed by atoms with Gasteiger partial charge in [0.15, 0.2) is 0 Å². The van der Waals surface area contributed by atoms with Crippen molar-refractivity contribution in [2.75, 3.05) is 0 Å². The second kappa shape index (κ2) is 5.08. The van der Waals surface area contributed by atoms with Crippen molar-refractivity contribution in [3.63, 3.8) is 0 Å². The summed E-state index contributed by atoms with van der Waals surface area (Å²) < 4.78 is 0. The Balaban J connectivity index is 0.00000121. The summed E-state index contributed by atoms with van der Waals surface area (Å²) in [5.41, 5.74) is 3.31. The Labute approximate surface area is 86.8 Å². The van der Waals surface area contributed by atoms with Crippen molar-refractivity contribution in [3.8, 4) is 0 Å². The molecule has 0 aliphatic rings. The first-order valence-corrected chi connectivity index (χ1v) is 3.53. The van der Waals surface area contributed by atoms with Gasteiger partial charge < -0.3 is 0 Å². The zero-order valence-electron chi connectivity index (χ0n) is 7.13. The molecule has 0 aliphatic carbocycles. The van der Waals surface area contributed by atoms with E-state index in [1.807, 2.05) is 32.0 Å². The van der Waals surface area contributed by atoms with Crippen LogP contribution in [-0.2, 0) is 25.9 Å². The molecule has 0 aromatic heterocycles. The van der Waals surface area contributed by atoms with Crippen LogP contribution in [0.25, 0.3) is 6.08 Å². The molecule has 0 aliphatic heterocycles. The third-order valence-electron chi connectivity index (χ3n) is 1.86. The fourth-order valence-electron chi connectivity index (χ4n) is 0.994. The topological polar surface area (TPSA) is 17.1 Å². The molecular formula is C10H10OW. The molecule has 0 amide bonds. The standard InChI is InChI=1S/C10H10O.W/c1-8-4-3-5-10(6-7-11)9(8)2;/h3-6H,1-2H3;. The third kappa shape index (κ3) is 2.44. The van der Waals surface area contributed by atoms with Gasteiger partial charge >= 0.3 is 0 Å². The van der Waals surface area contributed by atoms with Crippen LogP contribution < -0.4 is 0 Å². The summed E-state index contributed by atoms with van der Waals surface area (Å²) in [6, 6.07) is 5.87. The monoisotopic (exact) mass is 330 g/mol. The predicted molar refractivity (Wildman–Crippen MR) is 46.1 cm³/mol. The van der Waals surface area contributed by atoms with E-state index in [0.717, 1.165) is 11.1 Å². The molecule has 0 atom stereocenters. The molecule has 1 nitrogen and oxygen atoms in total. The van der Waals surface area contributed by atoms with Gasteiger partial charge in [-0.05, 0) is 30.5 Å². The van der Waals surface area contributed by atoms with E-state index in [2.05, 4.69) is 0 Å². The van der Waals surface area contributed by atoms with Crippen molar-refractivity contribution < 1.29 is 25.9 Å². The molecule has 1 rings (SSSR count). The maximum atomic E-state index is 10.1. The van der Waals surface area contributed by atoms with Crippen LogP contribution in [0.1, 0.15) is 16.7 Å². The molecular weight excluding hydrogens is 320 g/mol. The summed E-state index contributed by atoms with van der Waals surface area (Å²) in [4.78, 5) is 10.1. The van der Waals surface area contributed by atoms with E-state index in [4.69, 9.17) is 0 Å². The summed E-state index contributed by atoms with van der Waals surface area (Å²) in [5, 5.41) is 0. The Morgan fingerprint density at radius 3 is 2.58 bits per heavy atom. The molecule has 62 valence electrons. The Bertz CT molecular complexity index is 312. The largest absolute Gasteiger partial charge is 0.233 e. The fourth-order valence-corrected chi connectivity index (χ4v) is 0.994. The van der Waals surface area contributed by atoms with E-state index < -0.39 is 0 Å². The van der Waals surface area contributed by atoms with Crippen LogP contribution in [0, 0.1) is 13.8 Å². The smallest absolute Gasteiger partial charge is 0.125 e. The molecule has 1 aromatic rings. The number of carbonyl (C=O) groups excluding carboxylic acids is 1. The van der Waals surface area contributed by atoms with E-state index in [1.165, 1.54) is 11.6 Å². The second-order valence-electron chi connectivity index (χ2n) is 2.55. The van der Waals surface area contributed by atoms with Crippen LogP contribution in [0.2, 0.25) is 0 Å². The minimum absolute atomic E-state index is 0. The number of rotatable bonds is 1. The Hall–Kier alpha value is -0.642. The van der Waals surface area contributed by atoms with Crippen molar-refractivity contribution in [1.29, 1.82) is 0 Å². The van der Waals surface area contributed by atoms with E-state index >= 15 is 0 Å². The number of benzene rings is 1. The summed E-state index contributed by atoms with van der Waals surface area (Å²) in [6.45, 7) is 4.02. The van der Waals surface area contributed by atoms with Gasteiger partial charge in [0.2, 0.25) is 0 Å². The maximum absolute atomic E-state index is 10.1. The average molecular weight is 330 g/mol. The van der Waals surface area contributed by atoms with Gasteiger partial charge in [0.05, 0.1) is 0 Å². The van der Waals surface area contributed by atoms with E-state index in [0.29, 0.717) is 0 Å². The van der Waals surface area contributed by atoms with E-state index in [-0.39, 0.29) is 21.1 Å². The molecule has 2 heteroatoms. The maximum Gasteiger partial charge on any atom is 0.125 e. The van der Waals surface area contributed by atoms with Crippen molar-refractivity contribution in [3.05, 3.63) is 34.9 Å². The molecule has 0 unspecified atom stereocenters. The Morgan fingerprint density at radius 1 is 1.33 bits per heavy atom. The minimum Gasteiger partial charge on any atom is -0.233 e. The molecule has 0 bridgehead atoms. The van der Waals surface area contributed by atoms with Crippen molar-refractivity contribution >= 4 is 12.0 Å². The van der Waals surface area contributed by atoms with Crippen LogP contribution in [0.15, 0.2) is 18.2 Å². The quantitative estimate of drug-likeness (QED) is 0.721. The van der Waals surface area contributed by atoms with Gasteiger partial charge in [-0.2, -0.15) is 0 Å². The number of hydrogen-bond acceptors (Lipinski definition) is 1. The second-order valence-corrected chi connectivity index (χ2v) is 2.55. The molecule has 0 saturated carbocycles. The number of hydrogen-bond donors (Lipinski definition) is 0. The van der Waals surface area contributed by atoms with Gasteiger partial charge in [-0.15, -0.1) is 0 Å². The first kappa shape index (κ1) is 11.4. The average Bonchev–Trinajstić information content (AvgIpc) is 1.99. The Kier molecular flexibility index (Phi) is 4.81. The van der Waals surface area contributed by atoms with Gasteiger partial charge in [0.25, 0.3) is 0 Å². The molecule has 12 heavy (non-hydrogen) atoms. The third-order valence-corrected chi connectivity index (χ3v) is 1.86. The zero-order valence-corrected chi connectivity index (χ0v) is 10.1. The summed E-state index contributed by atoms with van der Waals surface area (Å²) >= 11 is 0. The molecule has 1 aromatic carbocycles. The van der Waals surface area contributed by atoms with Gasteiger partial charge in [-0.1, -0.05) is 18.2 Å². The van der Waals surface area contributed by atoms with Gasteiger partial charge in [-0.3, -0.25) is 0 Å². The van der Waals surface area contributed by atoms with Crippen LogP contribution >= 0.6 is 0 Å². The minimum atomic E-state index is 0. The van der Waals surface area contributed by atoms with Crippen LogP contribution in [0.3, 0.4) is 0 Å². The normalized spacial score (nSPS) is 8.17. The molecule has 0 heterocycles. The molecule has 0 radical (unpaired) electrons. The summed E-state index contributed by atoms with van der Waals surface area (Å²) in [5.74, 6) is 1.78. The predicted octanol–water partition coefficient (Wildman–Crippen LogP) is 2.15. The van der Waals surface area contributed by atoms with Crippen LogP contribution in [0.5, 0.6) is 0 Å². The van der Waals surface area contributed by atoms with Gasteiger partial charge in [0.1, 0.15) is 5.94 Å². The van der Waals surface area contributed by atoms with Crippen molar-refractivity contribution in [2.45, 2.75) is 13.8 Å². The van der Waals surface area contributed by atoms with E-state index in [1.54, 1.807) is 5.94 Å². The summed E-state index contributed by atoms with van der Waals surface area (Å²) in [6.07, 6.45) is 1.46. The molecule has 0 fully saturated rings. The zero-order chi connectivity index (χ0) is 8.27. The van der Waals surface area contributed by atoms with E-state index in [9.17, 15) is 4.79 Å². The first-order valence-electron chi connectivity index (χ1n) is 3.53. The summed E-state index contributed by atoms with van der Waals surface area (Å²) in [7, 11) is 0. The molecule has 0 spiro atoms. The Morgan fingerprint density at radius 2 is 2.00 bits per heavy atom.